The van der Waals surface area contributed by atoms with Crippen molar-refractivity contribution >= 4 is 22.8 Å². The van der Waals surface area contributed by atoms with Gasteiger partial charge in [-0.2, -0.15) is 0 Å². The lowest BCUT2D eigenvalue weighted by molar-refractivity contribution is -0.335. The number of nitrogens with two attached hydrogens (primary N) is 1. The average Bonchev–Trinajstić information content (AvgIpc) is 3.73. The van der Waals surface area contributed by atoms with Crippen LogP contribution in [0, 0.1) is 22.7 Å². The Kier molecular flexibility index (Phi) is 8.11. The highest BCUT2D eigenvalue weighted by molar-refractivity contribution is 5.85. The standard InChI is InChI=1S/C40H50N8O4/c1-22(2)32(41)36(49)47-19-39(11-12-39)16-30(47)34-42-18-29(45-34)25-7-5-24(6-8-25)26-9-10-27-28(15-26)44-35(43-27)31-17-40(13-14-40)20-48(31)37(50)33(23(3)4)46-38-51-21-52-38/h5-10,15,18,22-23,30-33,38,46H,11-14,16-17,19-21,41H2,1-4H3,(H,42,45)(H,43,44)/t30-,31-,32-,33-/m0/s1. The van der Waals surface area contributed by atoms with Gasteiger partial charge in [-0.3, -0.25) is 14.9 Å². The van der Waals surface area contributed by atoms with E-state index in [4.69, 9.17) is 25.2 Å². The smallest absolute Gasteiger partial charge is 0.240 e. The molecule has 2 aliphatic carbocycles. The number of nitrogens with one attached hydrogen (secondary N) is 3. The van der Waals surface area contributed by atoms with Crippen LogP contribution in [0.4, 0.5) is 0 Å². The monoisotopic (exact) mass is 706 g/mol. The van der Waals surface area contributed by atoms with Gasteiger partial charge in [-0.15, -0.1) is 0 Å². The number of amides is 2. The molecule has 0 unspecified atom stereocenters. The molecule has 4 aromatic rings. The summed E-state index contributed by atoms with van der Waals surface area (Å²) in [7, 11) is 0. The summed E-state index contributed by atoms with van der Waals surface area (Å²) in [6.07, 6.45) is 7.81. The van der Waals surface area contributed by atoms with Crippen LogP contribution in [0.1, 0.15) is 90.0 Å². The van der Waals surface area contributed by atoms with E-state index < -0.39 is 18.5 Å². The van der Waals surface area contributed by atoms with Gasteiger partial charge in [0.1, 0.15) is 11.6 Å². The number of fused-ring (bicyclic) bond motifs is 1. The third-order valence-electron chi connectivity index (χ3n) is 12.4. The van der Waals surface area contributed by atoms with Crippen LogP contribution in [0.5, 0.6) is 0 Å². The first-order valence-corrected chi connectivity index (χ1v) is 19.0. The Balaban J connectivity index is 0.924. The topological polar surface area (TPSA) is 154 Å². The van der Waals surface area contributed by atoms with E-state index in [0.29, 0.717) is 0 Å². The van der Waals surface area contributed by atoms with E-state index in [1.54, 1.807) is 0 Å². The zero-order valence-corrected chi connectivity index (χ0v) is 30.5. The number of aromatic nitrogens is 4. The molecule has 5 heterocycles. The fourth-order valence-electron chi connectivity index (χ4n) is 8.59. The normalized spacial score (nSPS) is 24.4. The third-order valence-corrected chi connectivity index (χ3v) is 12.4. The van der Waals surface area contributed by atoms with E-state index in [-0.39, 0.29) is 53.4 Å². The molecule has 12 heteroatoms. The van der Waals surface area contributed by atoms with E-state index in [0.717, 1.165) is 96.7 Å². The van der Waals surface area contributed by atoms with Crippen LogP contribution in [-0.2, 0) is 19.1 Å². The van der Waals surface area contributed by atoms with Crippen molar-refractivity contribution in [3.8, 4) is 22.4 Å². The first-order chi connectivity index (χ1) is 25.0. The molecule has 2 aromatic carbocycles. The fourth-order valence-corrected chi connectivity index (χ4v) is 8.59. The van der Waals surface area contributed by atoms with Gasteiger partial charge in [-0.25, -0.2) is 9.97 Å². The Bertz CT molecular complexity index is 1990. The summed E-state index contributed by atoms with van der Waals surface area (Å²) in [5.41, 5.74) is 12.7. The second-order valence-corrected chi connectivity index (χ2v) is 16.9. The highest BCUT2D eigenvalue weighted by Gasteiger charge is 2.56. The molecule has 0 bridgehead atoms. The second-order valence-electron chi connectivity index (χ2n) is 16.9. The van der Waals surface area contributed by atoms with E-state index >= 15 is 0 Å². The Hall–Kier alpha value is -4.10. The largest absolute Gasteiger partial charge is 0.340 e. The number of benzene rings is 2. The van der Waals surface area contributed by atoms with Crippen LogP contribution < -0.4 is 11.1 Å². The van der Waals surface area contributed by atoms with E-state index in [2.05, 4.69) is 71.6 Å². The highest BCUT2D eigenvalue weighted by atomic mass is 16.9. The summed E-state index contributed by atoms with van der Waals surface area (Å²) >= 11 is 0. The molecule has 274 valence electrons. The average molecular weight is 707 g/mol. The maximum Gasteiger partial charge on any atom is 0.240 e. The Morgan fingerprint density at radius 1 is 0.827 bits per heavy atom. The summed E-state index contributed by atoms with van der Waals surface area (Å²) in [5, 5.41) is 3.26. The van der Waals surface area contributed by atoms with Crippen molar-refractivity contribution in [3.05, 3.63) is 60.3 Å². The first kappa shape index (κ1) is 33.7. The van der Waals surface area contributed by atoms with Gasteiger partial charge in [0.25, 0.3) is 0 Å². The van der Waals surface area contributed by atoms with E-state index in [9.17, 15) is 9.59 Å². The number of ether oxygens (including phenoxy) is 2. The van der Waals surface area contributed by atoms with Crippen molar-refractivity contribution in [1.82, 2.24) is 35.1 Å². The number of hydrogen-bond acceptors (Lipinski definition) is 8. The number of aromatic amines is 2. The summed E-state index contributed by atoms with van der Waals surface area (Å²) < 4.78 is 10.8. The molecular weight excluding hydrogens is 656 g/mol. The minimum atomic E-state index is -0.535. The molecule has 2 spiro atoms. The number of hydrogen-bond donors (Lipinski definition) is 4. The lowest BCUT2D eigenvalue weighted by Gasteiger charge is -2.35. The molecular formula is C40H50N8O4. The van der Waals surface area contributed by atoms with E-state index in [1.807, 2.05) is 29.8 Å². The van der Waals surface area contributed by atoms with Crippen molar-refractivity contribution in [2.24, 2.45) is 28.4 Å². The summed E-state index contributed by atoms with van der Waals surface area (Å²) in [6.45, 7) is 9.87. The van der Waals surface area contributed by atoms with Gasteiger partial charge in [0.2, 0.25) is 18.2 Å². The zero-order valence-electron chi connectivity index (χ0n) is 30.5. The first-order valence-electron chi connectivity index (χ1n) is 19.0. The quantitative estimate of drug-likeness (QED) is 0.166. The number of imidazole rings is 2. The van der Waals surface area contributed by atoms with Crippen molar-refractivity contribution in [1.29, 1.82) is 0 Å². The number of nitrogens with zero attached hydrogens (tertiary/aromatic N) is 4. The molecule has 12 nitrogen and oxygen atoms in total. The van der Waals surface area contributed by atoms with Gasteiger partial charge < -0.3 is 35.0 Å². The maximum atomic E-state index is 14.0. The number of likely N-dealkylation sites (tertiary alicyclic amines) is 2. The highest BCUT2D eigenvalue weighted by Crippen LogP contribution is 2.59. The molecule has 5 fully saturated rings. The Labute approximate surface area is 304 Å². The molecule has 2 saturated carbocycles. The third kappa shape index (κ3) is 6.03. The predicted octanol–water partition coefficient (Wildman–Crippen LogP) is 5.61. The molecule has 2 aromatic heterocycles. The van der Waals surface area contributed by atoms with Gasteiger partial charge in [-0.05, 0) is 90.0 Å². The minimum absolute atomic E-state index is 0.0238. The van der Waals surface area contributed by atoms with Crippen LogP contribution in [0.3, 0.4) is 0 Å². The molecule has 9 rings (SSSR count). The predicted molar refractivity (Wildman–Crippen MR) is 196 cm³/mol. The number of rotatable bonds is 10. The van der Waals surface area contributed by atoms with Gasteiger partial charge >= 0.3 is 0 Å². The maximum absolute atomic E-state index is 14.0. The van der Waals surface area contributed by atoms with Gasteiger partial charge in [-0.1, -0.05) is 58.0 Å². The number of H-pyrrole nitrogens is 2. The number of carbonyl (C=O) groups is 2. The SMILES string of the molecule is CC(C)[C@H](N)C(=O)N1CC2(CC2)C[C@H]1c1ncc(-c2ccc(-c3ccc4nc([C@@H]5CC6(CC6)CN5C(=O)[C@@H](NC5OCO5)C(C)C)[nH]c4c3)cc2)[nH]1. The van der Waals surface area contributed by atoms with Crippen molar-refractivity contribution in [2.75, 3.05) is 19.9 Å². The lowest BCUT2D eigenvalue weighted by atomic mass is 10.0. The van der Waals surface area contributed by atoms with Gasteiger partial charge in [0.15, 0.2) is 6.79 Å². The molecule has 52 heavy (non-hydrogen) atoms. The fraction of sp³-hybridized carbons (Fsp3) is 0.550. The molecule has 3 saturated heterocycles. The van der Waals surface area contributed by atoms with Gasteiger partial charge in [0.05, 0.1) is 47.1 Å². The summed E-state index contributed by atoms with van der Waals surface area (Å²) in [6, 6.07) is 13.7. The van der Waals surface area contributed by atoms with Crippen molar-refractivity contribution in [3.63, 3.8) is 0 Å². The molecule has 4 atom stereocenters. The van der Waals surface area contributed by atoms with Crippen LogP contribution in [-0.4, -0.2) is 79.9 Å². The Morgan fingerprint density at radius 2 is 1.44 bits per heavy atom. The van der Waals surface area contributed by atoms with Crippen LogP contribution in [0.25, 0.3) is 33.4 Å². The molecule has 5 aliphatic rings. The van der Waals surface area contributed by atoms with E-state index in [1.165, 1.54) is 0 Å². The minimum Gasteiger partial charge on any atom is -0.340 e. The van der Waals surface area contributed by atoms with Crippen molar-refractivity contribution in [2.45, 2.75) is 96.8 Å². The second kappa shape index (κ2) is 12.5. The Morgan fingerprint density at radius 3 is 2.04 bits per heavy atom. The van der Waals surface area contributed by atoms with Gasteiger partial charge in [0, 0.05) is 13.1 Å². The molecule has 3 aliphatic heterocycles. The summed E-state index contributed by atoms with van der Waals surface area (Å²) in [4.78, 5) is 48.4. The molecule has 2 amide bonds. The lowest BCUT2D eigenvalue weighted by Crippen LogP contribution is -2.56. The van der Waals surface area contributed by atoms with Crippen LogP contribution in [0.2, 0.25) is 0 Å². The zero-order chi connectivity index (χ0) is 35.9. The van der Waals surface area contributed by atoms with Crippen LogP contribution >= 0.6 is 0 Å². The van der Waals surface area contributed by atoms with Crippen LogP contribution in [0.15, 0.2) is 48.7 Å². The molecule has 0 radical (unpaired) electrons. The number of carbonyl (C=O) groups excluding carboxylic acids is 2. The van der Waals surface area contributed by atoms with Crippen molar-refractivity contribution < 1.29 is 19.1 Å². The molecule has 5 N–H and O–H groups in total. The summed E-state index contributed by atoms with van der Waals surface area (Å²) in [5.74, 6) is 1.94.